The molecule has 0 aliphatic heterocycles. The van der Waals surface area contributed by atoms with E-state index in [9.17, 15) is 4.79 Å². The van der Waals surface area contributed by atoms with Gasteiger partial charge >= 0.3 is 0 Å². The normalized spacial score (nSPS) is 10.2. The lowest BCUT2D eigenvalue weighted by molar-refractivity contribution is 0.0985. The molecule has 0 spiro atoms. The predicted molar refractivity (Wildman–Crippen MR) is 56.1 cm³/mol. The summed E-state index contributed by atoms with van der Waals surface area (Å²) in [5, 5.41) is 0. The molecule has 0 saturated carbocycles. The van der Waals surface area contributed by atoms with Gasteiger partial charge in [0, 0.05) is 5.56 Å². The number of carbonyl (C=O) groups excluding carboxylic acids is 1. The maximum atomic E-state index is 11.2. The number of benzene rings is 1. The quantitative estimate of drug-likeness (QED) is 0.706. The van der Waals surface area contributed by atoms with Gasteiger partial charge in [0.05, 0.1) is 15.7 Å². The van der Waals surface area contributed by atoms with E-state index in [4.69, 9.17) is 0 Å². The van der Waals surface area contributed by atoms with Crippen LogP contribution in [0.3, 0.4) is 0 Å². The molecule has 0 saturated heterocycles. The molecule has 2 rings (SSSR count). The van der Waals surface area contributed by atoms with E-state index in [1.807, 2.05) is 6.07 Å². The standard InChI is InChI=1S/C8H6N2OS2/c11-8(10-12)5-1-2-6-7(3-5)13-4-9-6/h1-4,12H,(H,10,11). The minimum Gasteiger partial charge on any atom is -0.299 e. The molecule has 0 aliphatic rings. The molecule has 1 N–H and O–H groups in total. The van der Waals surface area contributed by atoms with E-state index in [0.717, 1.165) is 10.2 Å². The van der Waals surface area contributed by atoms with E-state index in [0.29, 0.717) is 5.56 Å². The topological polar surface area (TPSA) is 42.0 Å². The molecule has 1 aromatic carbocycles. The van der Waals surface area contributed by atoms with Gasteiger partial charge in [-0.3, -0.25) is 9.52 Å². The van der Waals surface area contributed by atoms with Crippen LogP contribution in [0, 0.1) is 0 Å². The number of fused-ring (bicyclic) bond motifs is 1. The van der Waals surface area contributed by atoms with Crippen molar-refractivity contribution in [1.82, 2.24) is 9.71 Å². The number of aromatic nitrogens is 1. The maximum Gasteiger partial charge on any atom is 0.260 e. The average Bonchev–Trinajstić information content (AvgIpc) is 2.63. The van der Waals surface area contributed by atoms with E-state index in [-0.39, 0.29) is 5.91 Å². The van der Waals surface area contributed by atoms with Crippen molar-refractivity contribution in [3.05, 3.63) is 29.3 Å². The van der Waals surface area contributed by atoms with Gasteiger partial charge < -0.3 is 0 Å². The van der Waals surface area contributed by atoms with Crippen molar-refractivity contribution in [2.24, 2.45) is 0 Å². The molecule has 0 aliphatic carbocycles. The van der Waals surface area contributed by atoms with Crippen LogP contribution in [0.2, 0.25) is 0 Å². The zero-order valence-corrected chi connectivity index (χ0v) is 8.23. The zero-order chi connectivity index (χ0) is 9.26. The summed E-state index contributed by atoms with van der Waals surface area (Å²) >= 11 is 5.21. The third-order valence-electron chi connectivity index (χ3n) is 1.70. The number of hydrogen-bond acceptors (Lipinski definition) is 4. The van der Waals surface area contributed by atoms with Crippen molar-refractivity contribution in [3.63, 3.8) is 0 Å². The molecule has 1 amide bonds. The second-order valence-corrected chi connectivity index (χ2v) is 3.59. The van der Waals surface area contributed by atoms with Crippen molar-refractivity contribution in [2.45, 2.75) is 0 Å². The van der Waals surface area contributed by atoms with Gasteiger partial charge in [0.2, 0.25) is 0 Å². The van der Waals surface area contributed by atoms with Gasteiger partial charge in [0.25, 0.3) is 5.91 Å². The summed E-state index contributed by atoms with van der Waals surface area (Å²) < 4.78 is 3.29. The smallest absolute Gasteiger partial charge is 0.260 e. The first-order chi connectivity index (χ1) is 6.31. The van der Waals surface area contributed by atoms with Crippen LogP contribution < -0.4 is 4.72 Å². The summed E-state index contributed by atoms with van der Waals surface area (Å²) in [7, 11) is 0. The third-order valence-corrected chi connectivity index (χ3v) is 2.69. The minimum atomic E-state index is -0.196. The van der Waals surface area contributed by atoms with E-state index < -0.39 is 0 Å². The van der Waals surface area contributed by atoms with Gasteiger partial charge in [-0.05, 0) is 18.2 Å². The Morgan fingerprint density at radius 2 is 2.38 bits per heavy atom. The van der Waals surface area contributed by atoms with Gasteiger partial charge in [-0.15, -0.1) is 11.3 Å². The van der Waals surface area contributed by atoms with Crippen molar-refractivity contribution in [3.8, 4) is 0 Å². The first-order valence-electron chi connectivity index (χ1n) is 3.59. The van der Waals surface area contributed by atoms with Gasteiger partial charge in [-0.2, -0.15) is 0 Å². The van der Waals surface area contributed by atoms with Crippen LogP contribution in [-0.4, -0.2) is 10.9 Å². The number of amides is 1. The second-order valence-electron chi connectivity index (χ2n) is 2.48. The summed E-state index contributed by atoms with van der Waals surface area (Å²) in [5.41, 5.74) is 3.28. The summed E-state index contributed by atoms with van der Waals surface area (Å²) in [6, 6.07) is 5.36. The molecule has 1 heterocycles. The summed E-state index contributed by atoms with van der Waals surface area (Å²) in [6.45, 7) is 0. The number of thiazole rings is 1. The highest BCUT2D eigenvalue weighted by molar-refractivity contribution is 7.78. The lowest BCUT2D eigenvalue weighted by atomic mass is 10.2. The van der Waals surface area contributed by atoms with Gasteiger partial charge in [0.1, 0.15) is 0 Å². The molecule has 0 atom stereocenters. The molecule has 66 valence electrons. The highest BCUT2D eigenvalue weighted by Gasteiger charge is 2.04. The van der Waals surface area contributed by atoms with Crippen molar-refractivity contribution in [2.75, 3.05) is 0 Å². The Bertz CT molecular complexity index is 452. The summed E-state index contributed by atoms with van der Waals surface area (Å²) in [5.74, 6) is -0.196. The number of nitrogens with one attached hydrogen (secondary N) is 1. The lowest BCUT2D eigenvalue weighted by Gasteiger charge is -1.97. The van der Waals surface area contributed by atoms with E-state index in [1.165, 1.54) is 11.3 Å². The summed E-state index contributed by atoms with van der Waals surface area (Å²) in [6.07, 6.45) is 0. The molecule has 1 aromatic heterocycles. The number of nitrogens with zero attached hydrogens (tertiary/aromatic N) is 1. The molecule has 2 aromatic rings. The van der Waals surface area contributed by atoms with Crippen LogP contribution in [0.1, 0.15) is 10.4 Å². The lowest BCUT2D eigenvalue weighted by Crippen LogP contribution is -2.11. The largest absolute Gasteiger partial charge is 0.299 e. The monoisotopic (exact) mass is 210 g/mol. The van der Waals surface area contributed by atoms with Crippen LogP contribution in [-0.2, 0) is 0 Å². The zero-order valence-electron chi connectivity index (χ0n) is 6.52. The van der Waals surface area contributed by atoms with Crippen LogP contribution in [0.15, 0.2) is 23.7 Å². The van der Waals surface area contributed by atoms with E-state index in [1.54, 1.807) is 17.6 Å². The Morgan fingerprint density at radius 3 is 3.15 bits per heavy atom. The number of carbonyl (C=O) groups is 1. The third kappa shape index (κ3) is 1.52. The minimum absolute atomic E-state index is 0.196. The van der Waals surface area contributed by atoms with Crippen LogP contribution in [0.5, 0.6) is 0 Å². The molecule has 3 nitrogen and oxygen atoms in total. The fraction of sp³-hybridized carbons (Fsp3) is 0. The first kappa shape index (κ1) is 8.52. The molecule has 0 fully saturated rings. The molecule has 5 heteroatoms. The van der Waals surface area contributed by atoms with Crippen LogP contribution in [0.25, 0.3) is 10.2 Å². The first-order valence-corrected chi connectivity index (χ1v) is 4.91. The van der Waals surface area contributed by atoms with Gasteiger partial charge in [-0.1, -0.05) is 12.8 Å². The molecular weight excluding hydrogens is 204 g/mol. The Hall–Kier alpha value is -1.07. The SMILES string of the molecule is O=C(NS)c1ccc2ncsc2c1. The van der Waals surface area contributed by atoms with E-state index >= 15 is 0 Å². The van der Waals surface area contributed by atoms with Crippen LogP contribution in [0.4, 0.5) is 0 Å². The Labute approximate surface area is 84.3 Å². The second kappa shape index (κ2) is 3.35. The molecule has 0 bridgehead atoms. The number of thiol groups is 1. The summed E-state index contributed by atoms with van der Waals surface area (Å²) in [4.78, 5) is 15.3. The Morgan fingerprint density at radius 1 is 1.54 bits per heavy atom. The van der Waals surface area contributed by atoms with E-state index in [2.05, 4.69) is 22.5 Å². The fourth-order valence-corrected chi connectivity index (χ4v) is 1.91. The molecular formula is C8H6N2OS2. The number of hydrogen-bond donors (Lipinski definition) is 2. The Balaban J connectivity index is 2.54. The number of rotatable bonds is 1. The average molecular weight is 210 g/mol. The highest BCUT2D eigenvalue weighted by atomic mass is 32.1. The van der Waals surface area contributed by atoms with Crippen molar-refractivity contribution in [1.29, 1.82) is 0 Å². The Kier molecular flexibility index (Phi) is 2.20. The molecule has 0 radical (unpaired) electrons. The van der Waals surface area contributed by atoms with Crippen molar-refractivity contribution < 1.29 is 4.79 Å². The van der Waals surface area contributed by atoms with Gasteiger partial charge in [0.15, 0.2) is 0 Å². The maximum absolute atomic E-state index is 11.2. The van der Waals surface area contributed by atoms with Gasteiger partial charge in [-0.25, -0.2) is 4.98 Å². The van der Waals surface area contributed by atoms with Crippen LogP contribution >= 0.6 is 24.2 Å². The molecule has 13 heavy (non-hydrogen) atoms. The molecule has 0 unspecified atom stereocenters. The predicted octanol–water partition coefficient (Wildman–Crippen LogP) is 1.87. The van der Waals surface area contributed by atoms with Crippen molar-refractivity contribution >= 4 is 40.3 Å². The highest BCUT2D eigenvalue weighted by Crippen LogP contribution is 2.18. The fourth-order valence-electron chi connectivity index (χ4n) is 1.06.